The Morgan fingerprint density at radius 1 is 1.47 bits per heavy atom. The topological polar surface area (TPSA) is 54.9 Å². The van der Waals surface area contributed by atoms with Gasteiger partial charge in [0.05, 0.1) is 20.4 Å². The Kier molecular flexibility index (Phi) is 4.31. The van der Waals surface area contributed by atoms with Gasteiger partial charge in [0.15, 0.2) is 4.77 Å². The predicted octanol–water partition coefficient (Wildman–Crippen LogP) is 2.88. The third-order valence-electron chi connectivity index (χ3n) is 2.71. The molecule has 1 heterocycles. The Balaban J connectivity index is 2.35. The van der Waals surface area contributed by atoms with Gasteiger partial charge >= 0.3 is 0 Å². The van der Waals surface area contributed by atoms with E-state index in [1.807, 2.05) is 22.6 Å². The van der Waals surface area contributed by atoms with Crippen LogP contribution in [0, 0.1) is 14.2 Å². The van der Waals surface area contributed by atoms with Crippen LogP contribution in [-0.2, 0) is 16.4 Å². The smallest absolute Gasteiger partial charge is 0.178 e. The van der Waals surface area contributed by atoms with E-state index in [1.165, 1.54) is 12.3 Å². The molecule has 0 atom stereocenters. The summed E-state index contributed by atoms with van der Waals surface area (Å²) in [6.45, 7) is 0.450. The summed E-state index contributed by atoms with van der Waals surface area (Å²) in [5.74, 6) is -0.215. The predicted molar refractivity (Wildman–Crippen MR) is 84.1 cm³/mol. The van der Waals surface area contributed by atoms with E-state index in [-0.39, 0.29) is 11.6 Å². The summed E-state index contributed by atoms with van der Waals surface area (Å²) in [6, 6.07) is 3.11. The minimum absolute atomic E-state index is 0.0916. The number of halogens is 2. The summed E-state index contributed by atoms with van der Waals surface area (Å²) in [6.07, 6.45) is 1.65. The lowest BCUT2D eigenvalue weighted by atomic mass is 10.3. The van der Waals surface area contributed by atoms with Gasteiger partial charge < -0.3 is 9.55 Å². The zero-order valence-electron chi connectivity index (χ0n) is 10.1. The first kappa shape index (κ1) is 14.9. The number of aromatic amines is 1. The first-order valence-corrected chi connectivity index (χ1v) is 9.08. The molecular weight excluding hydrogens is 402 g/mol. The molecule has 0 bridgehead atoms. The van der Waals surface area contributed by atoms with E-state index in [2.05, 4.69) is 4.98 Å². The van der Waals surface area contributed by atoms with Crippen molar-refractivity contribution in [3.8, 4) is 0 Å². The molecule has 4 nitrogen and oxygen atoms in total. The number of imidazole rings is 1. The molecule has 0 fully saturated rings. The van der Waals surface area contributed by atoms with Crippen LogP contribution in [0.5, 0.6) is 0 Å². The number of nitrogens with one attached hydrogen (secondary N) is 1. The second kappa shape index (κ2) is 5.49. The number of hydrogen-bond donors (Lipinski definition) is 1. The second-order valence-electron chi connectivity index (χ2n) is 4.35. The van der Waals surface area contributed by atoms with Gasteiger partial charge in [-0.05, 0) is 47.3 Å². The fourth-order valence-corrected chi connectivity index (χ4v) is 3.28. The third-order valence-corrected chi connectivity index (χ3v) is 4.89. The van der Waals surface area contributed by atoms with E-state index in [4.69, 9.17) is 12.2 Å². The zero-order valence-corrected chi connectivity index (χ0v) is 13.9. The second-order valence-corrected chi connectivity index (χ2v) is 8.16. The number of hydrogen-bond acceptors (Lipinski definition) is 3. The summed E-state index contributed by atoms with van der Waals surface area (Å²) in [7, 11) is -2.99. The van der Waals surface area contributed by atoms with Gasteiger partial charge in [-0.15, -0.1) is 0 Å². The lowest BCUT2D eigenvalue weighted by Gasteiger charge is -2.04. The van der Waals surface area contributed by atoms with Gasteiger partial charge in [0.25, 0.3) is 0 Å². The third kappa shape index (κ3) is 3.54. The number of aromatic nitrogens is 2. The standard InChI is InChI=1S/C11H12FIN2O2S2/c1-19(16,17)4-2-3-15-10-5-7(12)8(13)6-9(10)14-11(15)18/h5-6H,2-4H2,1H3,(H,14,18). The van der Waals surface area contributed by atoms with Gasteiger partial charge in [0.2, 0.25) is 0 Å². The van der Waals surface area contributed by atoms with Gasteiger partial charge in [-0.1, -0.05) is 0 Å². The Morgan fingerprint density at radius 3 is 2.79 bits per heavy atom. The molecule has 1 aromatic heterocycles. The van der Waals surface area contributed by atoms with Gasteiger partial charge in [0.1, 0.15) is 15.7 Å². The number of nitrogens with zero attached hydrogens (tertiary/aromatic N) is 1. The largest absolute Gasteiger partial charge is 0.331 e. The van der Waals surface area contributed by atoms with Crippen LogP contribution in [-0.4, -0.2) is 30.0 Å². The number of rotatable bonds is 4. The van der Waals surface area contributed by atoms with E-state index < -0.39 is 9.84 Å². The Hall–Kier alpha value is -0.480. The number of H-pyrrole nitrogens is 1. The van der Waals surface area contributed by atoms with Gasteiger partial charge in [-0.25, -0.2) is 12.8 Å². The quantitative estimate of drug-likeness (QED) is 0.619. The van der Waals surface area contributed by atoms with Crippen molar-refractivity contribution in [3.05, 3.63) is 26.3 Å². The highest BCUT2D eigenvalue weighted by Gasteiger charge is 2.09. The molecule has 0 amide bonds. The van der Waals surface area contributed by atoms with Crippen molar-refractivity contribution in [2.45, 2.75) is 13.0 Å². The van der Waals surface area contributed by atoms with E-state index in [1.54, 1.807) is 10.6 Å². The maximum Gasteiger partial charge on any atom is 0.178 e. The maximum absolute atomic E-state index is 13.6. The van der Waals surface area contributed by atoms with Crippen LogP contribution in [0.3, 0.4) is 0 Å². The van der Waals surface area contributed by atoms with Crippen molar-refractivity contribution >= 4 is 55.7 Å². The van der Waals surface area contributed by atoms with Crippen molar-refractivity contribution in [1.82, 2.24) is 9.55 Å². The summed E-state index contributed by atoms with van der Waals surface area (Å²) < 4.78 is 38.5. The molecule has 8 heteroatoms. The first-order valence-electron chi connectivity index (χ1n) is 5.53. The van der Waals surface area contributed by atoms with Crippen molar-refractivity contribution in [1.29, 1.82) is 0 Å². The van der Waals surface area contributed by atoms with Crippen LogP contribution in [0.4, 0.5) is 4.39 Å². The Morgan fingerprint density at radius 2 is 2.16 bits per heavy atom. The lowest BCUT2D eigenvalue weighted by molar-refractivity contribution is 0.592. The lowest BCUT2D eigenvalue weighted by Crippen LogP contribution is -2.07. The van der Waals surface area contributed by atoms with Crippen LogP contribution in [0.15, 0.2) is 12.1 Å². The molecule has 19 heavy (non-hydrogen) atoms. The van der Waals surface area contributed by atoms with E-state index in [9.17, 15) is 12.8 Å². The van der Waals surface area contributed by atoms with Crippen LogP contribution in [0.1, 0.15) is 6.42 Å². The van der Waals surface area contributed by atoms with E-state index >= 15 is 0 Å². The molecular formula is C11H12FIN2O2S2. The molecule has 0 aliphatic rings. The molecule has 1 N–H and O–H groups in total. The van der Waals surface area contributed by atoms with Crippen LogP contribution in [0.2, 0.25) is 0 Å². The Labute approximate surface area is 129 Å². The molecule has 104 valence electrons. The number of fused-ring (bicyclic) bond motifs is 1. The van der Waals surface area contributed by atoms with E-state index in [0.29, 0.717) is 26.8 Å². The van der Waals surface area contributed by atoms with Crippen molar-refractivity contribution < 1.29 is 12.8 Å². The maximum atomic E-state index is 13.6. The van der Waals surface area contributed by atoms with Gasteiger partial charge in [-0.3, -0.25) is 0 Å². The minimum atomic E-state index is -2.99. The van der Waals surface area contributed by atoms with Crippen molar-refractivity contribution in [2.24, 2.45) is 0 Å². The molecule has 0 saturated carbocycles. The molecule has 0 saturated heterocycles. The average Bonchev–Trinajstić information content (AvgIpc) is 2.55. The molecule has 0 spiro atoms. The van der Waals surface area contributed by atoms with Crippen LogP contribution >= 0.6 is 34.8 Å². The highest BCUT2D eigenvalue weighted by molar-refractivity contribution is 14.1. The molecule has 0 radical (unpaired) electrons. The van der Waals surface area contributed by atoms with Crippen molar-refractivity contribution in [2.75, 3.05) is 12.0 Å². The molecule has 1 aromatic carbocycles. The first-order chi connectivity index (χ1) is 8.78. The molecule has 0 aliphatic heterocycles. The molecule has 0 unspecified atom stereocenters. The highest BCUT2D eigenvalue weighted by Crippen LogP contribution is 2.21. The highest BCUT2D eigenvalue weighted by atomic mass is 127. The fraction of sp³-hybridized carbons (Fsp3) is 0.364. The van der Waals surface area contributed by atoms with Crippen LogP contribution < -0.4 is 0 Å². The molecule has 2 rings (SSSR count). The molecule has 0 aliphatic carbocycles. The summed E-state index contributed by atoms with van der Waals surface area (Å²) in [4.78, 5) is 3.00. The summed E-state index contributed by atoms with van der Waals surface area (Å²) in [5.41, 5.74) is 1.42. The summed E-state index contributed by atoms with van der Waals surface area (Å²) in [5, 5.41) is 0. The van der Waals surface area contributed by atoms with E-state index in [0.717, 1.165) is 5.52 Å². The number of aryl methyl sites for hydroxylation is 1. The normalized spacial score (nSPS) is 12.2. The Bertz CT molecular complexity index is 780. The van der Waals surface area contributed by atoms with Crippen LogP contribution in [0.25, 0.3) is 11.0 Å². The van der Waals surface area contributed by atoms with Gasteiger partial charge in [0, 0.05) is 18.9 Å². The number of sulfone groups is 1. The monoisotopic (exact) mass is 414 g/mol. The fourth-order valence-electron chi connectivity index (χ4n) is 1.86. The van der Waals surface area contributed by atoms with Crippen molar-refractivity contribution in [3.63, 3.8) is 0 Å². The van der Waals surface area contributed by atoms with Gasteiger partial charge in [-0.2, -0.15) is 0 Å². The molecule has 2 aromatic rings. The summed E-state index contributed by atoms with van der Waals surface area (Å²) >= 11 is 7.09. The number of benzene rings is 1. The SMILES string of the molecule is CS(=O)(=O)CCCn1c(=S)[nH]c2cc(I)c(F)cc21. The zero-order chi connectivity index (χ0) is 14.2. The average molecular weight is 414 g/mol. The minimum Gasteiger partial charge on any atom is -0.331 e.